The van der Waals surface area contributed by atoms with E-state index in [-0.39, 0.29) is 5.00 Å². The van der Waals surface area contributed by atoms with E-state index in [1.165, 1.54) is 17.2 Å². The fraction of sp³-hybridized carbons (Fsp3) is 0.154. The average Bonchev–Trinajstić information content (AvgIpc) is 2.79. The topological polar surface area (TPSA) is 55.5 Å². The molecule has 92 valence electrons. The molecule has 0 radical (unpaired) electrons. The molecule has 0 atom stereocenters. The highest BCUT2D eigenvalue weighted by Crippen LogP contribution is 2.23. The molecule has 4 nitrogen and oxygen atoms in total. The smallest absolute Gasteiger partial charge is 0.258 e. The van der Waals surface area contributed by atoms with Crippen LogP contribution in [0.4, 0.5) is 10.7 Å². The molecular weight excluding hydrogens is 248 g/mol. The van der Waals surface area contributed by atoms with Crippen LogP contribution in [0, 0.1) is 24.0 Å². The first-order valence-corrected chi connectivity index (χ1v) is 6.23. The largest absolute Gasteiger partial charge is 0.324 e. The molecule has 18 heavy (non-hydrogen) atoms. The van der Waals surface area contributed by atoms with Crippen molar-refractivity contribution >= 4 is 28.2 Å². The number of thiophene rings is 1. The maximum atomic E-state index is 10.5. The van der Waals surface area contributed by atoms with E-state index in [0.717, 1.165) is 21.9 Å². The molecule has 2 rings (SSSR count). The van der Waals surface area contributed by atoms with E-state index < -0.39 is 4.92 Å². The third kappa shape index (κ3) is 2.81. The van der Waals surface area contributed by atoms with E-state index in [1.807, 2.05) is 32.0 Å². The van der Waals surface area contributed by atoms with Gasteiger partial charge in [-0.15, -0.1) is 0 Å². The molecule has 0 N–H and O–H groups in total. The molecule has 0 aliphatic heterocycles. The van der Waals surface area contributed by atoms with Gasteiger partial charge in [0.25, 0.3) is 0 Å². The number of aryl methyl sites for hydroxylation is 2. The van der Waals surface area contributed by atoms with Crippen LogP contribution in [-0.2, 0) is 0 Å². The van der Waals surface area contributed by atoms with E-state index in [1.54, 1.807) is 12.3 Å². The number of nitro groups is 1. The monoisotopic (exact) mass is 260 g/mol. The molecule has 0 saturated heterocycles. The lowest BCUT2D eigenvalue weighted by molar-refractivity contribution is -0.380. The van der Waals surface area contributed by atoms with Gasteiger partial charge >= 0.3 is 5.00 Å². The number of nitrogens with zero attached hydrogens (tertiary/aromatic N) is 2. The summed E-state index contributed by atoms with van der Waals surface area (Å²) in [5, 5.41) is 10.7. The zero-order valence-electron chi connectivity index (χ0n) is 10.1. The van der Waals surface area contributed by atoms with Crippen LogP contribution >= 0.6 is 11.3 Å². The molecule has 2 aromatic rings. The lowest BCUT2D eigenvalue weighted by atomic mass is 10.1. The number of rotatable bonds is 3. The standard InChI is InChI=1S/C13H12N2O2S/c1-9-3-4-11(7-10(9)2)14-8-12-5-6-13(18-12)15(16)17/h3-8H,1-2H3. The summed E-state index contributed by atoms with van der Waals surface area (Å²) in [6.07, 6.45) is 1.65. The van der Waals surface area contributed by atoms with Gasteiger partial charge in [-0.25, -0.2) is 0 Å². The lowest BCUT2D eigenvalue weighted by Crippen LogP contribution is -1.80. The van der Waals surface area contributed by atoms with Gasteiger partial charge in [0.15, 0.2) is 0 Å². The highest BCUT2D eigenvalue weighted by molar-refractivity contribution is 7.16. The van der Waals surface area contributed by atoms with Crippen LogP contribution in [0.15, 0.2) is 35.3 Å². The minimum absolute atomic E-state index is 0.136. The second-order valence-corrected chi connectivity index (χ2v) is 5.05. The van der Waals surface area contributed by atoms with Gasteiger partial charge in [0.05, 0.1) is 15.5 Å². The Morgan fingerprint density at radius 1 is 1.22 bits per heavy atom. The first kappa shape index (κ1) is 12.4. The molecule has 0 fully saturated rings. The number of aliphatic imine (C=N–C) groups is 1. The van der Waals surface area contributed by atoms with Crippen LogP contribution in [0.5, 0.6) is 0 Å². The third-order valence-electron chi connectivity index (χ3n) is 2.62. The number of benzene rings is 1. The van der Waals surface area contributed by atoms with Gasteiger partial charge in [-0.2, -0.15) is 0 Å². The molecule has 0 aliphatic rings. The Hall–Kier alpha value is -2.01. The number of hydrogen-bond donors (Lipinski definition) is 0. The van der Waals surface area contributed by atoms with Gasteiger partial charge in [-0.05, 0) is 43.2 Å². The predicted octanol–water partition coefficient (Wildman–Crippen LogP) is 4.02. The molecule has 1 aromatic heterocycles. The number of hydrogen-bond acceptors (Lipinski definition) is 4. The molecule has 0 amide bonds. The van der Waals surface area contributed by atoms with E-state index >= 15 is 0 Å². The van der Waals surface area contributed by atoms with E-state index in [4.69, 9.17) is 0 Å². The molecular formula is C13H12N2O2S. The van der Waals surface area contributed by atoms with E-state index in [2.05, 4.69) is 4.99 Å². The fourth-order valence-electron chi connectivity index (χ4n) is 1.45. The van der Waals surface area contributed by atoms with Crippen LogP contribution < -0.4 is 0 Å². The summed E-state index contributed by atoms with van der Waals surface area (Å²) >= 11 is 1.12. The zero-order chi connectivity index (χ0) is 13.1. The normalized spacial score (nSPS) is 11.0. The van der Waals surface area contributed by atoms with Crippen molar-refractivity contribution in [2.24, 2.45) is 4.99 Å². The first-order valence-electron chi connectivity index (χ1n) is 5.42. The van der Waals surface area contributed by atoms with Crippen molar-refractivity contribution in [3.63, 3.8) is 0 Å². The molecule has 0 aliphatic carbocycles. The van der Waals surface area contributed by atoms with Gasteiger partial charge in [-0.3, -0.25) is 15.1 Å². The van der Waals surface area contributed by atoms with Crippen LogP contribution in [0.25, 0.3) is 0 Å². The highest BCUT2D eigenvalue weighted by Gasteiger charge is 2.07. The molecule has 1 heterocycles. The minimum Gasteiger partial charge on any atom is -0.258 e. The summed E-state index contributed by atoms with van der Waals surface area (Å²) in [5.74, 6) is 0. The van der Waals surface area contributed by atoms with Crippen molar-refractivity contribution < 1.29 is 4.92 Å². The summed E-state index contributed by atoms with van der Waals surface area (Å²) in [7, 11) is 0. The van der Waals surface area contributed by atoms with Crippen molar-refractivity contribution in [1.82, 2.24) is 0 Å². The van der Waals surface area contributed by atoms with Crippen molar-refractivity contribution in [2.45, 2.75) is 13.8 Å². The lowest BCUT2D eigenvalue weighted by Gasteiger charge is -1.99. The maximum Gasteiger partial charge on any atom is 0.324 e. The summed E-state index contributed by atoms with van der Waals surface area (Å²) in [5.41, 5.74) is 3.26. The van der Waals surface area contributed by atoms with Gasteiger partial charge in [0.1, 0.15) is 0 Å². The van der Waals surface area contributed by atoms with Crippen molar-refractivity contribution in [3.05, 3.63) is 56.5 Å². The van der Waals surface area contributed by atoms with Gasteiger partial charge < -0.3 is 0 Å². The molecule has 5 heteroatoms. The van der Waals surface area contributed by atoms with Crippen LogP contribution in [0.3, 0.4) is 0 Å². The summed E-state index contributed by atoms with van der Waals surface area (Å²) in [4.78, 5) is 15.2. The predicted molar refractivity (Wildman–Crippen MR) is 74.1 cm³/mol. The molecule has 0 spiro atoms. The summed E-state index contributed by atoms with van der Waals surface area (Å²) < 4.78 is 0. The average molecular weight is 260 g/mol. The molecule has 0 unspecified atom stereocenters. The van der Waals surface area contributed by atoms with E-state index in [0.29, 0.717) is 0 Å². The molecule has 1 aromatic carbocycles. The zero-order valence-corrected chi connectivity index (χ0v) is 10.9. The van der Waals surface area contributed by atoms with Crippen molar-refractivity contribution in [3.8, 4) is 0 Å². The minimum atomic E-state index is -0.391. The quantitative estimate of drug-likeness (QED) is 0.475. The Bertz CT molecular complexity index is 617. The Kier molecular flexibility index (Phi) is 3.53. The summed E-state index contributed by atoms with van der Waals surface area (Å²) in [6, 6.07) is 9.13. The first-order chi connectivity index (χ1) is 8.56. The second-order valence-electron chi connectivity index (χ2n) is 3.96. The van der Waals surface area contributed by atoms with Crippen molar-refractivity contribution in [1.29, 1.82) is 0 Å². The van der Waals surface area contributed by atoms with Crippen molar-refractivity contribution in [2.75, 3.05) is 0 Å². The Morgan fingerprint density at radius 2 is 2.00 bits per heavy atom. The fourth-order valence-corrected chi connectivity index (χ4v) is 2.15. The maximum absolute atomic E-state index is 10.5. The van der Waals surface area contributed by atoms with Crippen LogP contribution in [-0.4, -0.2) is 11.1 Å². The van der Waals surface area contributed by atoms with Gasteiger partial charge in [-0.1, -0.05) is 17.4 Å². The van der Waals surface area contributed by atoms with Gasteiger partial charge in [0.2, 0.25) is 0 Å². The highest BCUT2D eigenvalue weighted by atomic mass is 32.1. The SMILES string of the molecule is Cc1ccc(N=Cc2ccc([N+](=O)[O-])s2)cc1C. The van der Waals surface area contributed by atoms with Crippen LogP contribution in [0.2, 0.25) is 0 Å². The van der Waals surface area contributed by atoms with E-state index in [9.17, 15) is 10.1 Å². The third-order valence-corrected chi connectivity index (χ3v) is 3.60. The molecule has 0 saturated carbocycles. The molecule has 0 bridgehead atoms. The van der Waals surface area contributed by atoms with Crippen LogP contribution in [0.1, 0.15) is 16.0 Å². The Balaban J connectivity index is 2.19. The van der Waals surface area contributed by atoms with Gasteiger partial charge in [0, 0.05) is 12.3 Å². The Morgan fingerprint density at radius 3 is 2.61 bits per heavy atom. The Labute approximate surface area is 109 Å². The second kappa shape index (κ2) is 5.10. The summed E-state index contributed by atoms with van der Waals surface area (Å²) in [6.45, 7) is 4.08.